The number of amidine groups is 1. The van der Waals surface area contributed by atoms with Gasteiger partial charge in [-0.05, 0) is 45.8 Å². The number of nitriles is 1. The maximum absolute atomic E-state index is 10.1. The summed E-state index contributed by atoms with van der Waals surface area (Å²) >= 11 is 0. The van der Waals surface area contributed by atoms with E-state index in [0.717, 1.165) is 30.1 Å². The van der Waals surface area contributed by atoms with Crippen LogP contribution in [0, 0.1) is 18.3 Å². The third-order valence-corrected chi connectivity index (χ3v) is 6.86. The molecule has 2 bridgehead atoms. The van der Waals surface area contributed by atoms with Gasteiger partial charge in [0.05, 0.1) is 35.6 Å². The van der Waals surface area contributed by atoms with E-state index in [1.54, 1.807) is 30.8 Å². The Morgan fingerprint density at radius 3 is 2.73 bits per heavy atom. The number of aliphatic imine (C=N–C) groups is 1. The van der Waals surface area contributed by atoms with Crippen LogP contribution in [0.15, 0.2) is 34.1 Å². The van der Waals surface area contributed by atoms with E-state index in [4.69, 9.17) is 14.1 Å². The van der Waals surface area contributed by atoms with E-state index >= 15 is 0 Å². The van der Waals surface area contributed by atoms with Crippen LogP contribution in [-0.4, -0.2) is 77.9 Å². The zero-order valence-corrected chi connectivity index (χ0v) is 21.8. The van der Waals surface area contributed by atoms with Gasteiger partial charge >= 0.3 is 0 Å². The maximum atomic E-state index is 10.1. The fourth-order valence-electron chi connectivity index (χ4n) is 4.93. The summed E-state index contributed by atoms with van der Waals surface area (Å²) in [7, 11) is 0. The minimum Gasteiger partial charge on any atom is -0.489 e. The van der Waals surface area contributed by atoms with E-state index in [0.29, 0.717) is 47.2 Å². The molecule has 11 nitrogen and oxygen atoms in total. The monoisotopic (exact) mass is 504 g/mol. The molecule has 6 rings (SSSR count). The Labute approximate surface area is 215 Å². The number of hydrogen-bond donors (Lipinski definition) is 1. The minimum absolute atomic E-state index is 0.130. The fraction of sp³-hybridized carbons (Fsp3) is 0.500. The molecular weight excluding hydrogens is 472 g/mol. The highest BCUT2D eigenvalue weighted by Crippen LogP contribution is 2.34. The molecule has 0 aromatic carbocycles. The first-order chi connectivity index (χ1) is 17.6. The lowest BCUT2D eigenvalue weighted by Gasteiger charge is -2.56. The number of nitrogens with zero attached hydrogens (tertiary/aromatic N) is 8. The molecule has 3 fully saturated rings. The number of aliphatic hydroxyl groups is 1. The highest BCUT2D eigenvalue weighted by Gasteiger charge is 2.45. The lowest BCUT2D eigenvalue weighted by Crippen LogP contribution is -2.68. The Balaban J connectivity index is 1.33. The lowest BCUT2D eigenvalue weighted by molar-refractivity contribution is -0.0588. The van der Waals surface area contributed by atoms with Crippen molar-refractivity contribution in [2.75, 3.05) is 19.7 Å². The summed E-state index contributed by atoms with van der Waals surface area (Å²) in [6.07, 6.45) is 6.26. The highest BCUT2D eigenvalue weighted by molar-refractivity contribution is 5.85. The number of piperazine rings is 1. The van der Waals surface area contributed by atoms with Gasteiger partial charge in [0.15, 0.2) is 0 Å². The zero-order valence-electron chi connectivity index (χ0n) is 21.8. The zero-order chi connectivity index (χ0) is 26.3. The summed E-state index contributed by atoms with van der Waals surface area (Å²) in [5.74, 6) is 2.76. The second-order valence-corrected chi connectivity index (χ2v) is 10.5. The van der Waals surface area contributed by atoms with Gasteiger partial charge in [-0.25, -0.2) is 9.51 Å². The molecule has 2 atom stereocenters. The first kappa shape index (κ1) is 24.9. The second-order valence-electron chi connectivity index (χ2n) is 10.5. The van der Waals surface area contributed by atoms with Crippen LogP contribution >= 0.6 is 0 Å². The highest BCUT2D eigenvalue weighted by atomic mass is 16.5. The van der Waals surface area contributed by atoms with Gasteiger partial charge in [0, 0.05) is 43.9 Å². The molecule has 37 heavy (non-hydrogen) atoms. The standard InChI is InChI=1S/C26H32N8O3/c1-16(23-7-22(36-15-26(4,5)35)13-34-25(23)19(8-27)10-29-34)9-28-17(2)32-11-20-6-21(12-32)33(20)14-24-31-30-18(3)37-24/h7,9-10,13,20-21,35H,6,11-12,14-15H2,1-5H3/b16-9+,28-17?. The fourth-order valence-corrected chi connectivity index (χ4v) is 4.93. The second kappa shape index (κ2) is 9.61. The Hall–Kier alpha value is -3.75. The van der Waals surface area contributed by atoms with E-state index < -0.39 is 5.60 Å². The first-order valence-electron chi connectivity index (χ1n) is 12.4. The number of piperidine rings is 1. The summed E-state index contributed by atoms with van der Waals surface area (Å²) in [5.41, 5.74) is 1.89. The predicted molar refractivity (Wildman–Crippen MR) is 137 cm³/mol. The smallest absolute Gasteiger partial charge is 0.230 e. The molecule has 0 radical (unpaired) electrons. The maximum Gasteiger partial charge on any atom is 0.230 e. The van der Waals surface area contributed by atoms with Gasteiger partial charge in [-0.3, -0.25) is 4.90 Å². The van der Waals surface area contributed by atoms with Crippen molar-refractivity contribution in [3.05, 3.63) is 47.6 Å². The molecule has 11 heteroatoms. The molecule has 1 N–H and O–H groups in total. The third kappa shape index (κ3) is 5.21. The van der Waals surface area contributed by atoms with Crippen molar-refractivity contribution < 1.29 is 14.3 Å². The molecular formula is C26H32N8O3. The molecule has 3 saturated heterocycles. The largest absolute Gasteiger partial charge is 0.489 e. The van der Waals surface area contributed by atoms with Crippen LogP contribution in [0.1, 0.15) is 57.0 Å². The molecule has 3 aliphatic rings. The number of allylic oxidation sites excluding steroid dienone is 1. The molecule has 0 saturated carbocycles. The predicted octanol–water partition coefficient (Wildman–Crippen LogP) is 2.79. The summed E-state index contributed by atoms with van der Waals surface area (Å²) in [6.45, 7) is 11.8. The Morgan fingerprint density at radius 2 is 2.08 bits per heavy atom. The molecule has 3 aliphatic heterocycles. The SMILES string of the molecule is CC(=N/C=C(\C)c1cc(OCC(C)(C)O)cn2ncc(C#N)c12)N1CC2CC(C1)N2Cc1nnc(C)o1. The average Bonchev–Trinajstić information content (AvgIpc) is 3.48. The number of pyridine rings is 1. The van der Waals surface area contributed by atoms with E-state index in [1.807, 2.05) is 33.0 Å². The van der Waals surface area contributed by atoms with Crippen LogP contribution in [0.25, 0.3) is 11.1 Å². The topological polar surface area (TPSA) is 128 Å². The van der Waals surface area contributed by atoms with Crippen LogP contribution in [-0.2, 0) is 6.54 Å². The molecule has 3 aromatic rings. The van der Waals surface area contributed by atoms with Crippen molar-refractivity contribution in [2.24, 2.45) is 4.99 Å². The van der Waals surface area contributed by atoms with Crippen molar-refractivity contribution >= 4 is 16.9 Å². The average molecular weight is 505 g/mol. The van der Waals surface area contributed by atoms with Crippen molar-refractivity contribution in [1.29, 1.82) is 5.26 Å². The van der Waals surface area contributed by atoms with E-state index in [9.17, 15) is 10.4 Å². The molecule has 0 spiro atoms. The van der Waals surface area contributed by atoms with E-state index in [-0.39, 0.29) is 6.61 Å². The van der Waals surface area contributed by atoms with Crippen molar-refractivity contribution in [3.63, 3.8) is 0 Å². The Bertz CT molecular complexity index is 1400. The number of hydrogen-bond acceptors (Lipinski definition) is 9. The van der Waals surface area contributed by atoms with Crippen molar-refractivity contribution in [2.45, 2.75) is 65.3 Å². The quantitative estimate of drug-likeness (QED) is 0.381. The molecule has 2 unspecified atom stereocenters. The molecule has 194 valence electrons. The molecule has 3 aromatic heterocycles. The number of ether oxygens (including phenoxy) is 1. The molecule has 0 aliphatic carbocycles. The summed E-state index contributed by atoms with van der Waals surface area (Å²) < 4.78 is 13.0. The molecule has 0 amide bonds. The number of rotatable bonds is 7. The van der Waals surface area contributed by atoms with Crippen LogP contribution in [0.4, 0.5) is 0 Å². The van der Waals surface area contributed by atoms with Crippen LogP contribution < -0.4 is 4.74 Å². The van der Waals surface area contributed by atoms with E-state index in [2.05, 4.69) is 31.2 Å². The van der Waals surface area contributed by atoms with Crippen molar-refractivity contribution in [1.82, 2.24) is 29.6 Å². The third-order valence-electron chi connectivity index (χ3n) is 6.86. The van der Waals surface area contributed by atoms with Crippen LogP contribution in [0.5, 0.6) is 5.75 Å². The van der Waals surface area contributed by atoms with Gasteiger partial charge in [-0.2, -0.15) is 10.4 Å². The van der Waals surface area contributed by atoms with Gasteiger partial charge in [0.2, 0.25) is 11.8 Å². The van der Waals surface area contributed by atoms with Gasteiger partial charge in [0.25, 0.3) is 0 Å². The van der Waals surface area contributed by atoms with Crippen molar-refractivity contribution in [3.8, 4) is 11.8 Å². The van der Waals surface area contributed by atoms with E-state index in [1.165, 1.54) is 6.42 Å². The van der Waals surface area contributed by atoms with Gasteiger partial charge in [-0.1, -0.05) is 0 Å². The molecule has 6 heterocycles. The van der Waals surface area contributed by atoms with Crippen LogP contribution in [0.2, 0.25) is 0 Å². The lowest BCUT2D eigenvalue weighted by atomic mass is 9.87. The van der Waals surface area contributed by atoms with Gasteiger partial charge in [-0.15, -0.1) is 10.2 Å². The van der Waals surface area contributed by atoms with Gasteiger partial charge in [0.1, 0.15) is 24.3 Å². The summed E-state index contributed by atoms with van der Waals surface area (Å²) in [6, 6.07) is 4.96. The number of fused-ring (bicyclic) bond motifs is 3. The normalized spacial score (nSPS) is 20.7. The first-order valence-corrected chi connectivity index (χ1v) is 12.4. The van der Waals surface area contributed by atoms with Crippen LogP contribution in [0.3, 0.4) is 0 Å². The Morgan fingerprint density at radius 1 is 1.32 bits per heavy atom. The summed E-state index contributed by atoms with van der Waals surface area (Å²) in [4.78, 5) is 9.52. The van der Waals surface area contributed by atoms with Gasteiger partial charge < -0.3 is 19.2 Å². The number of aromatic nitrogens is 4. The Kier molecular flexibility index (Phi) is 6.47. The number of aryl methyl sites for hydroxylation is 1. The summed E-state index contributed by atoms with van der Waals surface area (Å²) in [5, 5.41) is 32.0. The minimum atomic E-state index is -0.974.